The lowest BCUT2D eigenvalue weighted by atomic mass is 10.1. The van der Waals surface area contributed by atoms with Crippen LogP contribution in [0.15, 0.2) is 18.2 Å². The van der Waals surface area contributed by atoms with Gasteiger partial charge in [0.15, 0.2) is 0 Å². The number of amides is 1. The minimum Gasteiger partial charge on any atom is -0.495 e. The molecule has 2 N–H and O–H groups in total. The summed E-state index contributed by atoms with van der Waals surface area (Å²) in [7, 11) is 3.39. The Morgan fingerprint density at radius 3 is 2.74 bits per heavy atom. The number of benzene rings is 1. The first-order valence-electron chi connectivity index (χ1n) is 6.24. The summed E-state index contributed by atoms with van der Waals surface area (Å²) < 4.78 is 5.15. The molecule has 0 saturated heterocycles. The zero-order valence-electron chi connectivity index (χ0n) is 12.0. The van der Waals surface area contributed by atoms with Gasteiger partial charge in [0.1, 0.15) is 5.75 Å². The van der Waals surface area contributed by atoms with Crippen molar-refractivity contribution in [2.75, 3.05) is 31.9 Å². The molecular formula is C14H22N2O2S. The molecule has 1 aromatic carbocycles. The van der Waals surface area contributed by atoms with Crippen molar-refractivity contribution >= 4 is 23.4 Å². The predicted molar refractivity (Wildman–Crippen MR) is 82.0 cm³/mol. The summed E-state index contributed by atoms with van der Waals surface area (Å²) in [6, 6.07) is 5.38. The fourth-order valence-corrected chi connectivity index (χ4v) is 2.75. The maximum atomic E-state index is 12.4. The van der Waals surface area contributed by atoms with Crippen molar-refractivity contribution in [3.63, 3.8) is 0 Å². The maximum absolute atomic E-state index is 12.4. The third-order valence-electron chi connectivity index (χ3n) is 3.18. The fraction of sp³-hybridized carbons (Fsp3) is 0.500. The number of ether oxygens (including phenoxy) is 1. The van der Waals surface area contributed by atoms with Crippen LogP contribution in [0.4, 0.5) is 5.69 Å². The number of hydrogen-bond acceptors (Lipinski definition) is 4. The lowest BCUT2D eigenvalue weighted by molar-refractivity contribution is 0.0743. The smallest absolute Gasteiger partial charge is 0.254 e. The van der Waals surface area contributed by atoms with Crippen LogP contribution in [0.1, 0.15) is 23.7 Å². The largest absolute Gasteiger partial charge is 0.495 e. The molecule has 0 radical (unpaired) electrons. The molecule has 0 aliphatic carbocycles. The minimum atomic E-state index is -0.000741. The summed E-state index contributed by atoms with van der Waals surface area (Å²) in [4.78, 5) is 14.2. The topological polar surface area (TPSA) is 55.6 Å². The highest BCUT2D eigenvalue weighted by Gasteiger charge is 2.20. The Morgan fingerprint density at radius 2 is 2.21 bits per heavy atom. The third-order valence-corrected chi connectivity index (χ3v) is 3.90. The van der Waals surface area contributed by atoms with Crippen LogP contribution in [0.3, 0.4) is 0 Å². The van der Waals surface area contributed by atoms with Crippen LogP contribution < -0.4 is 10.5 Å². The van der Waals surface area contributed by atoms with Gasteiger partial charge in [0, 0.05) is 24.4 Å². The predicted octanol–water partition coefficient (Wildman–Crippen LogP) is 2.49. The quantitative estimate of drug-likeness (QED) is 0.814. The summed E-state index contributed by atoms with van der Waals surface area (Å²) in [5, 5.41) is 0. The molecule has 0 aliphatic heterocycles. The van der Waals surface area contributed by atoms with E-state index in [-0.39, 0.29) is 11.9 Å². The van der Waals surface area contributed by atoms with Crippen molar-refractivity contribution in [1.29, 1.82) is 0 Å². The molecule has 0 heterocycles. The van der Waals surface area contributed by atoms with Gasteiger partial charge in [-0.2, -0.15) is 11.8 Å². The summed E-state index contributed by atoms with van der Waals surface area (Å²) in [6.45, 7) is 2.09. The van der Waals surface area contributed by atoms with Gasteiger partial charge >= 0.3 is 0 Å². The molecule has 19 heavy (non-hydrogen) atoms. The van der Waals surface area contributed by atoms with Crippen LogP contribution in [0.2, 0.25) is 0 Å². The Balaban J connectivity index is 2.92. The number of carbonyl (C=O) groups is 1. The lowest BCUT2D eigenvalue weighted by Crippen LogP contribution is -2.38. The van der Waals surface area contributed by atoms with E-state index in [1.807, 2.05) is 13.3 Å². The Labute approximate surface area is 119 Å². The van der Waals surface area contributed by atoms with Gasteiger partial charge in [-0.3, -0.25) is 4.79 Å². The maximum Gasteiger partial charge on any atom is 0.254 e. The van der Waals surface area contributed by atoms with Gasteiger partial charge in [-0.05, 0) is 30.9 Å². The molecule has 0 aromatic heterocycles. The van der Waals surface area contributed by atoms with Crippen LogP contribution in [0, 0.1) is 0 Å². The van der Waals surface area contributed by atoms with Gasteiger partial charge in [0.05, 0.1) is 12.8 Å². The van der Waals surface area contributed by atoms with E-state index < -0.39 is 0 Å². The second-order valence-corrected chi connectivity index (χ2v) is 5.30. The molecule has 1 aromatic rings. The first-order chi connectivity index (χ1) is 9.04. The molecule has 106 valence electrons. The van der Waals surface area contributed by atoms with E-state index in [0.717, 1.165) is 12.2 Å². The first-order valence-corrected chi connectivity index (χ1v) is 7.64. The zero-order valence-corrected chi connectivity index (χ0v) is 12.8. The van der Waals surface area contributed by atoms with Crippen molar-refractivity contribution < 1.29 is 9.53 Å². The van der Waals surface area contributed by atoms with Crippen LogP contribution in [-0.4, -0.2) is 43.0 Å². The number of anilines is 1. The first kappa shape index (κ1) is 15.7. The molecule has 1 amide bonds. The number of rotatable bonds is 6. The molecule has 1 unspecified atom stereocenters. The molecule has 1 rings (SSSR count). The van der Waals surface area contributed by atoms with E-state index in [0.29, 0.717) is 17.0 Å². The summed E-state index contributed by atoms with van der Waals surface area (Å²) in [6.07, 6.45) is 2.99. The van der Waals surface area contributed by atoms with Gasteiger partial charge in [-0.15, -0.1) is 0 Å². The number of thioether (sulfide) groups is 1. The normalized spacial score (nSPS) is 12.0. The fourth-order valence-electron chi connectivity index (χ4n) is 1.91. The Kier molecular flexibility index (Phi) is 6.02. The van der Waals surface area contributed by atoms with E-state index in [1.54, 1.807) is 42.0 Å². The molecule has 4 nitrogen and oxygen atoms in total. The number of hydrogen-bond donors (Lipinski definition) is 1. The highest BCUT2D eigenvalue weighted by molar-refractivity contribution is 7.98. The van der Waals surface area contributed by atoms with E-state index in [4.69, 9.17) is 10.5 Å². The molecule has 0 saturated carbocycles. The number of nitrogen functional groups attached to an aromatic ring is 1. The monoisotopic (exact) mass is 282 g/mol. The zero-order chi connectivity index (χ0) is 14.4. The number of nitrogens with zero attached hydrogens (tertiary/aromatic N) is 1. The summed E-state index contributed by atoms with van der Waals surface area (Å²) in [5.74, 6) is 1.47. The van der Waals surface area contributed by atoms with Gasteiger partial charge in [-0.1, -0.05) is 6.92 Å². The highest BCUT2D eigenvalue weighted by Crippen LogP contribution is 2.23. The Bertz CT molecular complexity index is 437. The summed E-state index contributed by atoms with van der Waals surface area (Å²) >= 11 is 1.75. The lowest BCUT2D eigenvalue weighted by Gasteiger charge is -2.27. The Hall–Kier alpha value is -1.36. The van der Waals surface area contributed by atoms with Crippen LogP contribution in [0.5, 0.6) is 5.75 Å². The van der Waals surface area contributed by atoms with Crippen molar-refractivity contribution in [3.05, 3.63) is 23.8 Å². The highest BCUT2D eigenvalue weighted by atomic mass is 32.2. The summed E-state index contributed by atoms with van der Waals surface area (Å²) in [5.41, 5.74) is 6.90. The van der Waals surface area contributed by atoms with Crippen molar-refractivity contribution in [1.82, 2.24) is 4.90 Å². The third kappa shape index (κ3) is 3.80. The molecule has 0 fully saturated rings. The molecule has 0 spiro atoms. The molecule has 0 bridgehead atoms. The molecule has 1 atom stereocenters. The van der Waals surface area contributed by atoms with Crippen molar-refractivity contribution in [2.45, 2.75) is 19.4 Å². The Morgan fingerprint density at radius 1 is 1.53 bits per heavy atom. The molecule has 0 aliphatic rings. The van der Waals surface area contributed by atoms with Crippen LogP contribution in [-0.2, 0) is 0 Å². The van der Waals surface area contributed by atoms with Crippen LogP contribution >= 0.6 is 11.8 Å². The SMILES string of the molecule is CCC(CSC)N(C)C(=O)c1ccc(N)c(OC)c1. The van der Waals surface area contributed by atoms with E-state index in [1.165, 1.54) is 0 Å². The molecule has 5 heteroatoms. The molecular weight excluding hydrogens is 260 g/mol. The van der Waals surface area contributed by atoms with Crippen LogP contribution in [0.25, 0.3) is 0 Å². The number of nitrogens with two attached hydrogens (primary N) is 1. The second-order valence-electron chi connectivity index (χ2n) is 4.39. The number of methoxy groups -OCH3 is 1. The minimum absolute atomic E-state index is 0.000741. The van der Waals surface area contributed by atoms with Crippen molar-refractivity contribution in [3.8, 4) is 5.75 Å². The average molecular weight is 282 g/mol. The van der Waals surface area contributed by atoms with Crippen molar-refractivity contribution in [2.24, 2.45) is 0 Å². The number of carbonyl (C=O) groups excluding carboxylic acids is 1. The standard InChI is InChI=1S/C14H22N2O2S/c1-5-11(9-19-4)16(2)14(17)10-6-7-12(15)13(8-10)18-3/h6-8,11H,5,9,15H2,1-4H3. The van der Waals surface area contributed by atoms with E-state index in [9.17, 15) is 4.79 Å². The average Bonchev–Trinajstić information content (AvgIpc) is 2.43. The van der Waals surface area contributed by atoms with E-state index >= 15 is 0 Å². The van der Waals surface area contributed by atoms with Gasteiger partial charge in [0.2, 0.25) is 0 Å². The van der Waals surface area contributed by atoms with Gasteiger partial charge in [0.25, 0.3) is 5.91 Å². The van der Waals surface area contributed by atoms with E-state index in [2.05, 4.69) is 6.92 Å². The van der Waals surface area contributed by atoms with Gasteiger partial charge < -0.3 is 15.4 Å². The second kappa shape index (κ2) is 7.28. The van der Waals surface area contributed by atoms with Gasteiger partial charge in [-0.25, -0.2) is 0 Å².